The number of aliphatic carboxylic acids is 1. The molecule has 1 aromatic rings. The Hall–Kier alpha value is -2.11. The highest BCUT2D eigenvalue weighted by Crippen LogP contribution is 2.38. The topological polar surface area (TPSA) is 92.5 Å². The third-order valence-corrected chi connectivity index (χ3v) is 4.06. The molecule has 0 atom stereocenters. The van der Waals surface area contributed by atoms with Crippen molar-refractivity contribution in [3.05, 3.63) is 33.9 Å². The van der Waals surface area contributed by atoms with Gasteiger partial charge in [0.05, 0.1) is 10.3 Å². The number of hydrogen-bond acceptors (Lipinski definition) is 4. The van der Waals surface area contributed by atoms with Crippen LogP contribution in [0.25, 0.3) is 0 Å². The highest BCUT2D eigenvalue weighted by atomic mass is 16.6. The van der Waals surface area contributed by atoms with Gasteiger partial charge in [-0.05, 0) is 25.3 Å². The Morgan fingerprint density at radius 1 is 1.45 bits per heavy atom. The SMILES string of the molecule is Cc1ccc([N+](=O)[O-])cc1NCC1(C(=O)O)CCCC1. The zero-order valence-corrected chi connectivity index (χ0v) is 11.4. The van der Waals surface area contributed by atoms with E-state index in [4.69, 9.17) is 0 Å². The van der Waals surface area contributed by atoms with Crippen molar-refractivity contribution in [1.29, 1.82) is 0 Å². The van der Waals surface area contributed by atoms with Gasteiger partial charge in [0, 0.05) is 24.4 Å². The second kappa shape index (κ2) is 5.48. The number of carboxylic acid groups (broad SMARTS) is 1. The fourth-order valence-electron chi connectivity index (χ4n) is 2.70. The molecule has 20 heavy (non-hydrogen) atoms. The molecule has 1 fully saturated rings. The van der Waals surface area contributed by atoms with Crippen molar-refractivity contribution in [2.45, 2.75) is 32.6 Å². The van der Waals surface area contributed by atoms with E-state index in [0.717, 1.165) is 18.4 Å². The van der Waals surface area contributed by atoms with Crippen LogP contribution >= 0.6 is 0 Å². The average Bonchev–Trinajstić information content (AvgIpc) is 2.87. The molecule has 0 aromatic heterocycles. The first kappa shape index (κ1) is 14.3. The van der Waals surface area contributed by atoms with E-state index >= 15 is 0 Å². The van der Waals surface area contributed by atoms with Crippen LogP contribution < -0.4 is 5.32 Å². The molecule has 1 aliphatic rings. The fraction of sp³-hybridized carbons (Fsp3) is 0.500. The van der Waals surface area contributed by atoms with Crippen LogP contribution in [0.2, 0.25) is 0 Å². The zero-order valence-electron chi connectivity index (χ0n) is 11.4. The monoisotopic (exact) mass is 278 g/mol. The molecule has 2 rings (SSSR count). The van der Waals surface area contributed by atoms with Crippen LogP contribution in [0.1, 0.15) is 31.2 Å². The van der Waals surface area contributed by atoms with Crippen molar-refractivity contribution >= 4 is 17.3 Å². The molecule has 0 unspecified atom stereocenters. The molecule has 0 saturated heterocycles. The molecule has 108 valence electrons. The molecule has 0 bridgehead atoms. The number of nitro benzene ring substituents is 1. The number of carboxylic acids is 1. The number of aryl methyl sites for hydroxylation is 1. The molecular formula is C14H18N2O4. The fourth-order valence-corrected chi connectivity index (χ4v) is 2.70. The Balaban J connectivity index is 2.15. The van der Waals surface area contributed by atoms with Gasteiger partial charge < -0.3 is 10.4 Å². The molecule has 6 nitrogen and oxygen atoms in total. The quantitative estimate of drug-likeness (QED) is 0.638. The zero-order chi connectivity index (χ0) is 14.8. The summed E-state index contributed by atoms with van der Waals surface area (Å²) in [5, 5.41) is 23.3. The van der Waals surface area contributed by atoms with Crippen LogP contribution in [0.5, 0.6) is 0 Å². The van der Waals surface area contributed by atoms with E-state index < -0.39 is 16.3 Å². The summed E-state index contributed by atoms with van der Waals surface area (Å²) in [6.45, 7) is 2.15. The highest BCUT2D eigenvalue weighted by molar-refractivity contribution is 5.76. The lowest BCUT2D eigenvalue weighted by Gasteiger charge is -2.25. The molecule has 0 heterocycles. The number of rotatable bonds is 5. The first-order valence-corrected chi connectivity index (χ1v) is 6.67. The lowest BCUT2D eigenvalue weighted by Crippen LogP contribution is -2.35. The van der Waals surface area contributed by atoms with E-state index in [1.165, 1.54) is 12.1 Å². The summed E-state index contributed by atoms with van der Waals surface area (Å²) in [4.78, 5) is 21.8. The maximum absolute atomic E-state index is 11.5. The molecule has 6 heteroatoms. The number of non-ortho nitro benzene ring substituents is 1. The molecule has 0 aliphatic heterocycles. The average molecular weight is 278 g/mol. The maximum atomic E-state index is 11.5. The second-order valence-corrected chi connectivity index (χ2v) is 5.40. The van der Waals surface area contributed by atoms with Crippen LogP contribution in [0.3, 0.4) is 0 Å². The van der Waals surface area contributed by atoms with Gasteiger partial charge in [0.1, 0.15) is 0 Å². The molecule has 1 aromatic carbocycles. The molecule has 1 aliphatic carbocycles. The lowest BCUT2D eigenvalue weighted by atomic mass is 9.86. The van der Waals surface area contributed by atoms with E-state index in [9.17, 15) is 20.0 Å². The van der Waals surface area contributed by atoms with Gasteiger partial charge in [-0.2, -0.15) is 0 Å². The Morgan fingerprint density at radius 3 is 2.65 bits per heavy atom. The van der Waals surface area contributed by atoms with Crippen molar-refractivity contribution in [2.24, 2.45) is 5.41 Å². The van der Waals surface area contributed by atoms with Gasteiger partial charge in [0.15, 0.2) is 0 Å². The Morgan fingerprint density at radius 2 is 2.10 bits per heavy atom. The summed E-state index contributed by atoms with van der Waals surface area (Å²) in [6.07, 6.45) is 3.15. The van der Waals surface area contributed by atoms with Gasteiger partial charge in [-0.15, -0.1) is 0 Å². The Labute approximate surface area is 117 Å². The highest BCUT2D eigenvalue weighted by Gasteiger charge is 2.41. The van der Waals surface area contributed by atoms with Gasteiger partial charge in [-0.3, -0.25) is 14.9 Å². The van der Waals surface area contributed by atoms with Crippen LogP contribution in [-0.4, -0.2) is 22.5 Å². The third kappa shape index (κ3) is 2.74. The summed E-state index contributed by atoms with van der Waals surface area (Å²) >= 11 is 0. The molecule has 1 saturated carbocycles. The minimum absolute atomic E-state index is 0.00824. The molecule has 0 radical (unpaired) electrons. The van der Waals surface area contributed by atoms with Gasteiger partial charge >= 0.3 is 5.97 Å². The number of benzene rings is 1. The number of nitrogens with zero attached hydrogens (tertiary/aromatic N) is 1. The normalized spacial score (nSPS) is 16.9. The summed E-state index contributed by atoms with van der Waals surface area (Å²) < 4.78 is 0. The van der Waals surface area contributed by atoms with Crippen molar-refractivity contribution in [2.75, 3.05) is 11.9 Å². The number of carbonyl (C=O) groups is 1. The first-order valence-electron chi connectivity index (χ1n) is 6.67. The van der Waals surface area contributed by atoms with Gasteiger partial charge in [-0.25, -0.2) is 0 Å². The summed E-state index contributed by atoms with van der Waals surface area (Å²) in [7, 11) is 0. The number of anilines is 1. The molecule has 0 spiro atoms. The van der Waals surface area contributed by atoms with Crippen LogP contribution in [0.15, 0.2) is 18.2 Å². The van der Waals surface area contributed by atoms with Crippen LogP contribution in [0, 0.1) is 22.5 Å². The van der Waals surface area contributed by atoms with Crippen molar-refractivity contribution < 1.29 is 14.8 Å². The Kier molecular flexibility index (Phi) is 3.92. The number of hydrogen-bond donors (Lipinski definition) is 2. The van der Waals surface area contributed by atoms with E-state index in [-0.39, 0.29) is 5.69 Å². The van der Waals surface area contributed by atoms with Crippen LogP contribution in [-0.2, 0) is 4.79 Å². The van der Waals surface area contributed by atoms with Crippen molar-refractivity contribution in [3.8, 4) is 0 Å². The maximum Gasteiger partial charge on any atom is 0.311 e. The summed E-state index contributed by atoms with van der Waals surface area (Å²) in [5.74, 6) is -0.786. The third-order valence-electron chi connectivity index (χ3n) is 4.06. The van der Waals surface area contributed by atoms with Gasteiger partial charge in [-0.1, -0.05) is 18.9 Å². The summed E-state index contributed by atoms with van der Waals surface area (Å²) in [5.41, 5.74) is 0.770. The van der Waals surface area contributed by atoms with Gasteiger partial charge in [0.25, 0.3) is 5.69 Å². The van der Waals surface area contributed by atoms with Crippen molar-refractivity contribution in [3.63, 3.8) is 0 Å². The van der Waals surface area contributed by atoms with E-state index in [1.807, 2.05) is 6.92 Å². The van der Waals surface area contributed by atoms with Crippen LogP contribution in [0.4, 0.5) is 11.4 Å². The number of nitrogens with one attached hydrogen (secondary N) is 1. The lowest BCUT2D eigenvalue weighted by molar-refractivity contribution is -0.384. The predicted molar refractivity (Wildman–Crippen MR) is 74.9 cm³/mol. The minimum atomic E-state index is -0.786. The van der Waals surface area contributed by atoms with Gasteiger partial charge in [0.2, 0.25) is 0 Å². The standard InChI is InChI=1S/C14H18N2O4/c1-10-4-5-11(16(19)20)8-12(10)15-9-14(13(17)18)6-2-3-7-14/h4-5,8,15H,2-3,6-7,9H2,1H3,(H,17,18). The van der Waals surface area contributed by atoms with E-state index in [2.05, 4.69) is 5.32 Å². The molecule has 2 N–H and O–H groups in total. The minimum Gasteiger partial charge on any atom is -0.481 e. The molecular weight excluding hydrogens is 260 g/mol. The molecule has 0 amide bonds. The number of nitro groups is 1. The van der Waals surface area contributed by atoms with E-state index in [1.54, 1.807) is 6.07 Å². The predicted octanol–water partition coefficient (Wildman–Crippen LogP) is 2.96. The Bertz CT molecular complexity index is 536. The van der Waals surface area contributed by atoms with Crippen molar-refractivity contribution in [1.82, 2.24) is 0 Å². The second-order valence-electron chi connectivity index (χ2n) is 5.40. The largest absolute Gasteiger partial charge is 0.481 e. The summed E-state index contributed by atoms with van der Waals surface area (Å²) in [6, 6.07) is 4.57. The van der Waals surface area contributed by atoms with E-state index in [0.29, 0.717) is 25.1 Å². The first-order chi connectivity index (χ1) is 9.44. The smallest absolute Gasteiger partial charge is 0.311 e.